The largest absolute Gasteiger partial charge is 0.341 e. The molecule has 4 rings (SSSR count). The summed E-state index contributed by atoms with van der Waals surface area (Å²) in [7, 11) is 1.61. The van der Waals surface area contributed by atoms with Crippen molar-refractivity contribution >= 4 is 29.1 Å². The average Bonchev–Trinajstić information content (AvgIpc) is 3.06. The number of nitrogens with zero attached hydrogens (tertiary/aromatic N) is 2. The highest BCUT2D eigenvalue weighted by atomic mass is 35.5. The normalized spacial score (nSPS) is 17.6. The van der Waals surface area contributed by atoms with E-state index in [9.17, 15) is 18.8 Å². The zero-order valence-electron chi connectivity index (χ0n) is 19.8. The molecule has 0 N–H and O–H groups in total. The van der Waals surface area contributed by atoms with Gasteiger partial charge in [-0.3, -0.25) is 19.4 Å². The first-order valence-electron chi connectivity index (χ1n) is 11.4. The van der Waals surface area contributed by atoms with Crippen molar-refractivity contribution in [2.45, 2.75) is 39.2 Å². The van der Waals surface area contributed by atoms with Crippen LogP contribution >= 0.6 is 11.6 Å². The van der Waals surface area contributed by atoms with Crippen LogP contribution in [-0.4, -0.2) is 34.4 Å². The van der Waals surface area contributed by atoms with Gasteiger partial charge in [0.2, 0.25) is 5.91 Å². The van der Waals surface area contributed by atoms with Gasteiger partial charge < -0.3 is 4.90 Å². The Hall–Kier alpha value is -3.38. The molecule has 2 atom stereocenters. The molecule has 1 aromatic heterocycles. The van der Waals surface area contributed by atoms with Gasteiger partial charge in [-0.15, -0.1) is 0 Å². The van der Waals surface area contributed by atoms with Crippen LogP contribution in [0.2, 0.25) is 5.02 Å². The second-order valence-corrected chi connectivity index (χ2v) is 9.61. The second kappa shape index (κ2) is 10.1. The summed E-state index contributed by atoms with van der Waals surface area (Å²) in [6.45, 7) is 3.99. The summed E-state index contributed by atoms with van der Waals surface area (Å²) in [5, 5.41) is 0.545. The van der Waals surface area contributed by atoms with Gasteiger partial charge in [0.15, 0.2) is 5.78 Å². The Morgan fingerprint density at radius 2 is 1.83 bits per heavy atom. The first-order chi connectivity index (χ1) is 16.6. The molecule has 0 radical (unpaired) electrons. The van der Waals surface area contributed by atoms with E-state index in [4.69, 9.17) is 11.6 Å². The molecular formula is C28H26ClFN2O3. The lowest BCUT2D eigenvalue weighted by molar-refractivity contribution is -0.134. The first-order valence-corrected chi connectivity index (χ1v) is 11.8. The quantitative estimate of drug-likeness (QED) is 0.429. The molecule has 1 aliphatic carbocycles. The van der Waals surface area contributed by atoms with E-state index in [1.165, 1.54) is 17.0 Å². The molecule has 2 aromatic carbocycles. The molecule has 35 heavy (non-hydrogen) atoms. The maximum atomic E-state index is 13.5. The maximum absolute atomic E-state index is 13.5. The molecule has 0 saturated heterocycles. The van der Waals surface area contributed by atoms with Gasteiger partial charge in [-0.2, -0.15) is 0 Å². The van der Waals surface area contributed by atoms with E-state index in [-0.39, 0.29) is 42.7 Å². The molecular weight excluding hydrogens is 467 g/mol. The number of halogens is 2. The van der Waals surface area contributed by atoms with E-state index in [2.05, 4.69) is 4.98 Å². The molecule has 180 valence electrons. The number of aryl methyl sites for hydroxylation is 2. The van der Waals surface area contributed by atoms with Crippen LogP contribution < -0.4 is 0 Å². The van der Waals surface area contributed by atoms with Crippen molar-refractivity contribution in [2.75, 3.05) is 7.05 Å². The lowest BCUT2D eigenvalue weighted by Crippen LogP contribution is -2.29. The zero-order chi connectivity index (χ0) is 25.3. The predicted molar refractivity (Wildman–Crippen MR) is 133 cm³/mol. The Balaban J connectivity index is 1.50. The van der Waals surface area contributed by atoms with Crippen LogP contribution in [0.5, 0.6) is 0 Å². The molecule has 7 heteroatoms. The summed E-state index contributed by atoms with van der Waals surface area (Å²) >= 11 is 5.94. The lowest BCUT2D eigenvalue weighted by Gasteiger charge is -2.20. The highest BCUT2D eigenvalue weighted by Gasteiger charge is 2.44. The molecule has 1 saturated carbocycles. The van der Waals surface area contributed by atoms with Gasteiger partial charge in [0, 0.05) is 44.1 Å². The van der Waals surface area contributed by atoms with Crippen LogP contribution in [-0.2, 0) is 20.9 Å². The Kier molecular flexibility index (Phi) is 7.13. The fraction of sp³-hybridized carbons (Fsp3) is 0.286. The highest BCUT2D eigenvalue weighted by molar-refractivity contribution is 6.30. The van der Waals surface area contributed by atoms with E-state index in [1.54, 1.807) is 31.4 Å². The topological polar surface area (TPSA) is 67.3 Å². The predicted octanol–water partition coefficient (Wildman–Crippen LogP) is 5.45. The van der Waals surface area contributed by atoms with Gasteiger partial charge in [-0.25, -0.2) is 4.39 Å². The number of aromatic nitrogens is 1. The van der Waals surface area contributed by atoms with E-state index in [1.807, 2.05) is 32.0 Å². The fourth-order valence-electron chi connectivity index (χ4n) is 4.82. The molecule has 0 aliphatic heterocycles. The van der Waals surface area contributed by atoms with Gasteiger partial charge in [0.1, 0.15) is 17.5 Å². The average molecular weight is 493 g/mol. The minimum atomic E-state index is -0.867. The number of carbonyl (C=O) groups excluding carboxylic acids is 3. The number of Topliss-reactive ketones (excluding diaryl/α,β-unsaturated/α-hetero) is 2. The van der Waals surface area contributed by atoms with E-state index >= 15 is 0 Å². The van der Waals surface area contributed by atoms with Crippen molar-refractivity contribution in [3.8, 4) is 11.3 Å². The van der Waals surface area contributed by atoms with Crippen LogP contribution in [0.3, 0.4) is 0 Å². The Morgan fingerprint density at radius 3 is 2.46 bits per heavy atom. The Morgan fingerprint density at radius 1 is 1.11 bits per heavy atom. The van der Waals surface area contributed by atoms with Crippen LogP contribution in [0.25, 0.3) is 11.3 Å². The number of hydrogen-bond acceptors (Lipinski definition) is 4. The summed E-state index contributed by atoms with van der Waals surface area (Å²) in [5.74, 6) is -2.53. The number of rotatable bonds is 6. The fourth-order valence-corrected chi connectivity index (χ4v) is 4.93. The molecule has 5 nitrogen and oxygen atoms in total. The van der Waals surface area contributed by atoms with Crippen LogP contribution in [0.4, 0.5) is 4.39 Å². The first kappa shape index (κ1) is 24.7. The Labute approximate surface area is 208 Å². The van der Waals surface area contributed by atoms with Crippen LogP contribution in [0.1, 0.15) is 41.0 Å². The zero-order valence-corrected chi connectivity index (χ0v) is 20.6. The van der Waals surface area contributed by atoms with Crippen molar-refractivity contribution < 1.29 is 18.8 Å². The summed E-state index contributed by atoms with van der Waals surface area (Å²) < 4.78 is 13.5. The molecule has 3 aromatic rings. The summed E-state index contributed by atoms with van der Waals surface area (Å²) in [6, 6.07) is 13.5. The molecule has 1 aliphatic rings. The monoisotopic (exact) mass is 492 g/mol. The summed E-state index contributed by atoms with van der Waals surface area (Å²) in [6.07, 6.45) is 1.58. The lowest BCUT2D eigenvalue weighted by atomic mass is 9.85. The number of hydrogen-bond donors (Lipinski definition) is 0. The van der Waals surface area contributed by atoms with Gasteiger partial charge in [-0.1, -0.05) is 23.7 Å². The molecule has 0 spiro atoms. The van der Waals surface area contributed by atoms with Crippen LogP contribution in [0, 0.1) is 25.6 Å². The third-order valence-corrected chi connectivity index (χ3v) is 6.74. The van der Waals surface area contributed by atoms with Gasteiger partial charge in [0.25, 0.3) is 0 Å². The van der Waals surface area contributed by atoms with Crippen molar-refractivity contribution in [1.29, 1.82) is 0 Å². The van der Waals surface area contributed by atoms with E-state index in [0.717, 1.165) is 22.4 Å². The number of benzene rings is 2. The Bertz CT molecular complexity index is 1280. The molecule has 1 heterocycles. The maximum Gasteiger partial charge on any atom is 0.223 e. The van der Waals surface area contributed by atoms with Crippen molar-refractivity contribution in [3.05, 3.63) is 87.8 Å². The van der Waals surface area contributed by atoms with Crippen molar-refractivity contribution in [1.82, 2.24) is 9.88 Å². The number of ketones is 2. The minimum Gasteiger partial charge on any atom is -0.341 e. The number of pyridine rings is 1. The minimum absolute atomic E-state index is 0.0439. The molecule has 1 amide bonds. The standard InChI is InChI=1S/C28H26ClFN2O3/c1-16-9-19(23-8-7-21(29)14-31-23)10-17(2)26(16)27-24(33)12-20(28(27)35)13-25(34)32(3)15-18-5-4-6-22(30)11-18/h4-11,14,20,27H,12-13,15H2,1-3H3. The molecule has 1 fully saturated rings. The second-order valence-electron chi connectivity index (χ2n) is 9.17. The number of amides is 1. The van der Waals surface area contributed by atoms with Crippen molar-refractivity contribution in [2.24, 2.45) is 5.92 Å². The van der Waals surface area contributed by atoms with Crippen molar-refractivity contribution in [3.63, 3.8) is 0 Å². The van der Waals surface area contributed by atoms with Gasteiger partial charge in [-0.05, 0) is 72.5 Å². The molecule has 0 bridgehead atoms. The third kappa shape index (κ3) is 5.33. The highest BCUT2D eigenvalue weighted by Crippen LogP contribution is 2.38. The number of carbonyl (C=O) groups is 3. The van der Waals surface area contributed by atoms with E-state index < -0.39 is 11.8 Å². The molecule has 2 unspecified atom stereocenters. The van der Waals surface area contributed by atoms with Gasteiger partial charge >= 0.3 is 0 Å². The summed E-state index contributed by atoms with van der Waals surface area (Å²) in [4.78, 5) is 44.9. The SMILES string of the molecule is Cc1cc(-c2ccc(Cl)cn2)cc(C)c1C1C(=O)CC(CC(=O)N(C)Cc2cccc(F)c2)C1=O. The van der Waals surface area contributed by atoms with Gasteiger partial charge in [0.05, 0.1) is 10.7 Å². The van der Waals surface area contributed by atoms with E-state index in [0.29, 0.717) is 16.1 Å². The third-order valence-electron chi connectivity index (χ3n) is 6.52. The summed E-state index contributed by atoms with van der Waals surface area (Å²) in [5.41, 5.74) is 4.66. The smallest absolute Gasteiger partial charge is 0.223 e. The van der Waals surface area contributed by atoms with Crippen LogP contribution in [0.15, 0.2) is 54.7 Å².